The molecule has 1 aromatic rings. The highest BCUT2D eigenvalue weighted by Crippen LogP contribution is 2.36. The van der Waals surface area contributed by atoms with Gasteiger partial charge in [-0.15, -0.1) is 0 Å². The van der Waals surface area contributed by atoms with Crippen LogP contribution in [0.15, 0.2) is 18.3 Å². The van der Waals surface area contributed by atoms with E-state index in [2.05, 4.69) is 11.9 Å². The molecule has 3 heteroatoms. The zero-order valence-electron chi connectivity index (χ0n) is 9.70. The molecule has 3 atom stereocenters. The number of hydrogen-bond acceptors (Lipinski definition) is 2. The Labute approximate surface area is 102 Å². The van der Waals surface area contributed by atoms with Gasteiger partial charge in [0.15, 0.2) is 0 Å². The topological polar surface area (TPSA) is 38.9 Å². The molecule has 0 saturated heterocycles. The van der Waals surface area contributed by atoms with E-state index in [1.165, 1.54) is 25.7 Å². The maximum Gasteiger partial charge on any atom is 0.0759 e. The molecule has 16 heavy (non-hydrogen) atoms. The Bertz CT molecular complexity index is 354. The van der Waals surface area contributed by atoms with Crippen LogP contribution in [0.2, 0.25) is 5.02 Å². The molecule has 0 aliphatic heterocycles. The molecule has 2 nitrogen and oxygen atoms in total. The molecule has 0 aromatic carbocycles. The molecule has 1 aromatic heterocycles. The van der Waals surface area contributed by atoms with Gasteiger partial charge < -0.3 is 5.73 Å². The number of aromatic nitrogens is 1. The lowest BCUT2D eigenvalue weighted by Crippen LogP contribution is -2.27. The van der Waals surface area contributed by atoms with E-state index in [0.29, 0.717) is 10.9 Å². The SMILES string of the molecule is CC1CCCC(C(N)c2ncccc2Cl)C1. The second-order valence-electron chi connectivity index (χ2n) is 4.93. The Hall–Kier alpha value is -0.600. The molecule has 1 heterocycles. The van der Waals surface area contributed by atoms with Gasteiger partial charge in [-0.05, 0) is 36.8 Å². The summed E-state index contributed by atoms with van der Waals surface area (Å²) < 4.78 is 0. The summed E-state index contributed by atoms with van der Waals surface area (Å²) in [5, 5.41) is 0.702. The van der Waals surface area contributed by atoms with Gasteiger partial charge in [0.1, 0.15) is 0 Å². The predicted molar refractivity (Wildman–Crippen MR) is 67.3 cm³/mol. The largest absolute Gasteiger partial charge is 0.322 e. The summed E-state index contributed by atoms with van der Waals surface area (Å²) in [6.07, 6.45) is 6.79. The van der Waals surface area contributed by atoms with Gasteiger partial charge in [0.05, 0.1) is 16.8 Å². The van der Waals surface area contributed by atoms with E-state index in [4.69, 9.17) is 17.3 Å². The standard InChI is InChI=1S/C13H19ClN2/c1-9-4-2-5-10(8-9)12(15)13-11(14)6-3-7-16-13/h3,6-7,9-10,12H,2,4-5,8,15H2,1H3. The Morgan fingerprint density at radius 1 is 1.50 bits per heavy atom. The average molecular weight is 239 g/mol. The lowest BCUT2D eigenvalue weighted by molar-refractivity contribution is 0.246. The van der Waals surface area contributed by atoms with Crippen molar-refractivity contribution in [1.82, 2.24) is 4.98 Å². The molecule has 1 fully saturated rings. The molecule has 0 bridgehead atoms. The van der Waals surface area contributed by atoms with E-state index >= 15 is 0 Å². The maximum atomic E-state index is 6.29. The summed E-state index contributed by atoms with van der Waals surface area (Å²) in [7, 11) is 0. The molecular formula is C13H19ClN2. The number of rotatable bonds is 2. The molecule has 1 saturated carbocycles. The minimum absolute atomic E-state index is 0.00329. The molecule has 2 rings (SSSR count). The van der Waals surface area contributed by atoms with Crippen molar-refractivity contribution in [2.24, 2.45) is 17.6 Å². The Morgan fingerprint density at radius 2 is 2.31 bits per heavy atom. The van der Waals surface area contributed by atoms with E-state index in [0.717, 1.165) is 11.6 Å². The Balaban J connectivity index is 2.12. The highest BCUT2D eigenvalue weighted by atomic mass is 35.5. The first-order valence-electron chi connectivity index (χ1n) is 6.04. The van der Waals surface area contributed by atoms with Crippen molar-refractivity contribution in [2.75, 3.05) is 0 Å². The van der Waals surface area contributed by atoms with Crippen LogP contribution in [0.25, 0.3) is 0 Å². The van der Waals surface area contributed by atoms with Crippen molar-refractivity contribution in [1.29, 1.82) is 0 Å². The van der Waals surface area contributed by atoms with Crippen molar-refractivity contribution < 1.29 is 0 Å². The lowest BCUT2D eigenvalue weighted by Gasteiger charge is -2.31. The van der Waals surface area contributed by atoms with Crippen molar-refractivity contribution in [2.45, 2.75) is 38.6 Å². The molecule has 88 valence electrons. The Kier molecular flexibility index (Phi) is 3.82. The highest BCUT2D eigenvalue weighted by Gasteiger charge is 2.27. The van der Waals surface area contributed by atoms with Crippen LogP contribution in [0.3, 0.4) is 0 Å². The quantitative estimate of drug-likeness (QED) is 0.856. The maximum absolute atomic E-state index is 6.29. The average Bonchev–Trinajstić information content (AvgIpc) is 2.29. The van der Waals surface area contributed by atoms with Crippen molar-refractivity contribution in [3.8, 4) is 0 Å². The number of pyridine rings is 1. The van der Waals surface area contributed by atoms with Gasteiger partial charge in [0.25, 0.3) is 0 Å². The van der Waals surface area contributed by atoms with Crippen LogP contribution < -0.4 is 5.73 Å². The van der Waals surface area contributed by atoms with E-state index in [1.54, 1.807) is 6.20 Å². The summed E-state index contributed by atoms with van der Waals surface area (Å²) in [6, 6.07) is 3.72. The zero-order valence-corrected chi connectivity index (χ0v) is 10.5. The van der Waals surface area contributed by atoms with E-state index in [9.17, 15) is 0 Å². The van der Waals surface area contributed by atoms with Crippen LogP contribution in [0, 0.1) is 11.8 Å². The third-order valence-corrected chi connectivity index (χ3v) is 3.91. The minimum atomic E-state index is -0.00329. The molecule has 1 aliphatic rings. The fourth-order valence-corrected chi connectivity index (χ4v) is 2.92. The number of hydrogen-bond donors (Lipinski definition) is 1. The summed E-state index contributed by atoms with van der Waals surface area (Å²) >= 11 is 6.13. The second-order valence-corrected chi connectivity index (χ2v) is 5.34. The van der Waals surface area contributed by atoms with Crippen LogP contribution in [-0.2, 0) is 0 Å². The van der Waals surface area contributed by atoms with Crippen molar-refractivity contribution in [3.05, 3.63) is 29.0 Å². The molecule has 0 radical (unpaired) electrons. The molecule has 0 spiro atoms. The van der Waals surface area contributed by atoms with E-state index in [-0.39, 0.29) is 6.04 Å². The molecule has 0 amide bonds. The van der Waals surface area contributed by atoms with Crippen LogP contribution in [0.4, 0.5) is 0 Å². The summed E-state index contributed by atoms with van der Waals surface area (Å²) in [5.74, 6) is 1.32. The summed E-state index contributed by atoms with van der Waals surface area (Å²) in [5.41, 5.74) is 7.15. The van der Waals surface area contributed by atoms with Gasteiger partial charge in [-0.2, -0.15) is 0 Å². The van der Waals surface area contributed by atoms with E-state index < -0.39 is 0 Å². The van der Waals surface area contributed by atoms with Crippen molar-refractivity contribution >= 4 is 11.6 Å². The zero-order chi connectivity index (χ0) is 11.5. The molecule has 1 aliphatic carbocycles. The third kappa shape index (κ3) is 2.55. The number of nitrogens with zero attached hydrogens (tertiary/aromatic N) is 1. The van der Waals surface area contributed by atoms with Crippen LogP contribution in [-0.4, -0.2) is 4.98 Å². The van der Waals surface area contributed by atoms with Gasteiger partial charge in [-0.1, -0.05) is 31.4 Å². The van der Waals surface area contributed by atoms with Gasteiger partial charge in [0, 0.05) is 6.20 Å². The van der Waals surface area contributed by atoms with Gasteiger partial charge in [-0.25, -0.2) is 0 Å². The first-order chi connectivity index (χ1) is 7.68. The fraction of sp³-hybridized carbons (Fsp3) is 0.615. The summed E-state index contributed by atoms with van der Waals surface area (Å²) in [4.78, 5) is 4.32. The number of halogens is 1. The van der Waals surface area contributed by atoms with Gasteiger partial charge in [-0.3, -0.25) is 4.98 Å². The smallest absolute Gasteiger partial charge is 0.0759 e. The summed E-state index contributed by atoms with van der Waals surface area (Å²) in [6.45, 7) is 2.30. The second kappa shape index (κ2) is 5.15. The molecule has 3 unspecified atom stereocenters. The van der Waals surface area contributed by atoms with Gasteiger partial charge >= 0.3 is 0 Å². The lowest BCUT2D eigenvalue weighted by atomic mass is 9.78. The van der Waals surface area contributed by atoms with Crippen LogP contribution in [0.5, 0.6) is 0 Å². The first kappa shape index (κ1) is 11.9. The normalized spacial score (nSPS) is 27.7. The highest BCUT2D eigenvalue weighted by molar-refractivity contribution is 6.31. The molecule has 2 N–H and O–H groups in total. The van der Waals surface area contributed by atoms with E-state index in [1.807, 2.05) is 12.1 Å². The Morgan fingerprint density at radius 3 is 3.00 bits per heavy atom. The number of nitrogens with two attached hydrogens (primary N) is 1. The van der Waals surface area contributed by atoms with Crippen LogP contribution >= 0.6 is 11.6 Å². The third-order valence-electron chi connectivity index (χ3n) is 3.59. The first-order valence-corrected chi connectivity index (χ1v) is 6.42. The van der Waals surface area contributed by atoms with Gasteiger partial charge in [0.2, 0.25) is 0 Å². The fourth-order valence-electron chi connectivity index (χ4n) is 2.67. The molecular weight excluding hydrogens is 220 g/mol. The van der Waals surface area contributed by atoms with Crippen molar-refractivity contribution in [3.63, 3.8) is 0 Å². The van der Waals surface area contributed by atoms with Crippen LogP contribution in [0.1, 0.15) is 44.3 Å². The minimum Gasteiger partial charge on any atom is -0.322 e. The predicted octanol–water partition coefficient (Wildman–Crippen LogP) is 3.56. The monoisotopic (exact) mass is 238 g/mol.